The molecule has 0 fully saturated rings. The summed E-state index contributed by atoms with van der Waals surface area (Å²) in [7, 11) is 0. The average molecular weight is 718 g/mol. The number of fused-ring (bicyclic) bond motifs is 8. The molecule has 0 N–H and O–H groups in total. The highest BCUT2D eigenvalue weighted by Gasteiger charge is 2.48. The SMILES string of the molecule is CC(C)(C)c1ccc(N(c2ccc(-c3ccccc3)cc2)c2ccc3c(c2)C(c2ccccc2)(c2ccccc2)c2c-3c3ccccc3c3ccccc23)cc1. The van der Waals surface area contributed by atoms with E-state index in [4.69, 9.17) is 0 Å². The maximum Gasteiger partial charge on any atom is 0.0720 e. The zero-order valence-electron chi connectivity index (χ0n) is 32.1. The van der Waals surface area contributed by atoms with Gasteiger partial charge in [-0.3, -0.25) is 0 Å². The van der Waals surface area contributed by atoms with Gasteiger partial charge in [-0.15, -0.1) is 0 Å². The lowest BCUT2D eigenvalue weighted by molar-refractivity contribution is 0.590. The standard InChI is InChI=1S/C55H43N/c1-54(2,3)40-29-33-44(34-30-40)56(43-31-27-39(28-32-43)38-17-7-4-8-18-38)45-35-36-50-51(37-45)55(41-19-9-5-10-20-41,42-21-11-6-12-22-42)53-49-26-16-14-24-47(49)46-23-13-15-25-48(46)52(50)53/h4-37H,1-3H3. The van der Waals surface area contributed by atoms with Gasteiger partial charge in [0.15, 0.2) is 0 Å². The Labute approximate surface area is 330 Å². The van der Waals surface area contributed by atoms with Crippen molar-refractivity contribution in [2.75, 3.05) is 4.90 Å². The molecule has 0 saturated heterocycles. The van der Waals surface area contributed by atoms with E-state index in [1.807, 2.05) is 0 Å². The highest BCUT2D eigenvalue weighted by atomic mass is 15.1. The number of benzene rings is 9. The Morgan fingerprint density at radius 3 is 1.41 bits per heavy atom. The molecule has 0 radical (unpaired) electrons. The third-order valence-corrected chi connectivity index (χ3v) is 11.9. The van der Waals surface area contributed by atoms with Crippen LogP contribution in [0.4, 0.5) is 17.1 Å². The maximum absolute atomic E-state index is 2.49. The Balaban J connectivity index is 1.28. The van der Waals surface area contributed by atoms with Gasteiger partial charge in [0.2, 0.25) is 0 Å². The van der Waals surface area contributed by atoms with E-state index in [0.29, 0.717) is 0 Å². The Morgan fingerprint density at radius 1 is 0.393 bits per heavy atom. The van der Waals surface area contributed by atoms with Crippen molar-refractivity contribution < 1.29 is 0 Å². The molecule has 0 heterocycles. The zero-order valence-corrected chi connectivity index (χ0v) is 32.1. The van der Waals surface area contributed by atoms with Crippen LogP contribution < -0.4 is 4.90 Å². The topological polar surface area (TPSA) is 3.24 Å². The summed E-state index contributed by atoms with van der Waals surface area (Å²) in [6.45, 7) is 6.83. The van der Waals surface area contributed by atoms with Crippen LogP contribution in [0.25, 0.3) is 43.8 Å². The molecular formula is C55H43N. The van der Waals surface area contributed by atoms with Crippen molar-refractivity contribution in [3.8, 4) is 22.3 Å². The molecule has 10 rings (SSSR count). The van der Waals surface area contributed by atoms with E-state index < -0.39 is 5.41 Å². The maximum atomic E-state index is 2.49. The summed E-state index contributed by atoms with van der Waals surface area (Å²) in [6, 6.07) is 76.4. The first kappa shape index (κ1) is 33.8. The van der Waals surface area contributed by atoms with E-state index in [1.54, 1.807) is 0 Å². The van der Waals surface area contributed by atoms with Gasteiger partial charge in [-0.1, -0.05) is 191 Å². The number of anilines is 3. The van der Waals surface area contributed by atoms with Crippen molar-refractivity contribution >= 4 is 38.6 Å². The van der Waals surface area contributed by atoms with E-state index in [0.717, 1.165) is 17.1 Å². The monoisotopic (exact) mass is 717 g/mol. The number of hydrogen-bond donors (Lipinski definition) is 0. The molecule has 0 unspecified atom stereocenters. The molecule has 56 heavy (non-hydrogen) atoms. The van der Waals surface area contributed by atoms with Crippen LogP contribution in [-0.4, -0.2) is 0 Å². The van der Waals surface area contributed by atoms with Crippen LogP contribution in [0.5, 0.6) is 0 Å². The molecule has 0 amide bonds. The Kier molecular flexibility index (Phi) is 8.01. The van der Waals surface area contributed by atoms with Gasteiger partial charge >= 0.3 is 0 Å². The van der Waals surface area contributed by atoms with E-state index in [-0.39, 0.29) is 5.41 Å². The van der Waals surface area contributed by atoms with Crippen LogP contribution >= 0.6 is 0 Å². The first-order valence-corrected chi connectivity index (χ1v) is 19.7. The molecule has 9 aromatic carbocycles. The molecular weight excluding hydrogens is 675 g/mol. The minimum absolute atomic E-state index is 0.0521. The van der Waals surface area contributed by atoms with E-state index in [1.165, 1.54) is 71.6 Å². The lowest BCUT2D eigenvalue weighted by atomic mass is 9.66. The first-order chi connectivity index (χ1) is 27.4. The fourth-order valence-electron chi connectivity index (χ4n) is 9.28. The molecule has 0 bridgehead atoms. The molecule has 1 aliphatic carbocycles. The lowest BCUT2D eigenvalue weighted by Gasteiger charge is -2.35. The lowest BCUT2D eigenvalue weighted by Crippen LogP contribution is -2.29. The van der Waals surface area contributed by atoms with Gasteiger partial charge in [-0.2, -0.15) is 0 Å². The summed E-state index contributed by atoms with van der Waals surface area (Å²) in [5.41, 5.74) is 14.3. The molecule has 0 aromatic heterocycles. The Hall–Kier alpha value is -6.70. The minimum Gasteiger partial charge on any atom is -0.310 e. The van der Waals surface area contributed by atoms with Crippen molar-refractivity contribution in [1.82, 2.24) is 0 Å². The van der Waals surface area contributed by atoms with Crippen molar-refractivity contribution in [2.45, 2.75) is 31.6 Å². The van der Waals surface area contributed by atoms with Crippen molar-refractivity contribution in [2.24, 2.45) is 0 Å². The quantitative estimate of drug-likeness (QED) is 0.155. The van der Waals surface area contributed by atoms with Gasteiger partial charge < -0.3 is 4.90 Å². The molecule has 1 heteroatoms. The second kappa shape index (κ2) is 13.3. The average Bonchev–Trinajstić information content (AvgIpc) is 3.57. The minimum atomic E-state index is -0.578. The third-order valence-electron chi connectivity index (χ3n) is 11.9. The molecule has 1 aliphatic rings. The number of rotatable bonds is 6. The van der Waals surface area contributed by atoms with Crippen LogP contribution in [0.3, 0.4) is 0 Å². The largest absolute Gasteiger partial charge is 0.310 e. The van der Waals surface area contributed by atoms with Gasteiger partial charge in [0, 0.05) is 17.1 Å². The molecule has 1 nitrogen and oxygen atoms in total. The van der Waals surface area contributed by atoms with E-state index in [9.17, 15) is 0 Å². The van der Waals surface area contributed by atoms with Gasteiger partial charge in [0.25, 0.3) is 0 Å². The summed E-state index contributed by atoms with van der Waals surface area (Å²) in [5.74, 6) is 0. The van der Waals surface area contributed by atoms with Crippen LogP contribution in [-0.2, 0) is 10.8 Å². The molecule has 0 saturated carbocycles. The van der Waals surface area contributed by atoms with Gasteiger partial charge in [-0.05, 0) is 113 Å². The predicted octanol–water partition coefficient (Wildman–Crippen LogP) is 14.8. The smallest absolute Gasteiger partial charge is 0.0720 e. The van der Waals surface area contributed by atoms with Crippen LogP contribution in [0, 0.1) is 0 Å². The predicted molar refractivity (Wildman–Crippen MR) is 238 cm³/mol. The summed E-state index contributed by atoms with van der Waals surface area (Å²) >= 11 is 0. The Morgan fingerprint density at radius 2 is 0.839 bits per heavy atom. The molecule has 9 aromatic rings. The first-order valence-electron chi connectivity index (χ1n) is 19.7. The fourth-order valence-corrected chi connectivity index (χ4v) is 9.28. The normalized spacial score (nSPS) is 13.1. The summed E-state index contributed by atoms with van der Waals surface area (Å²) in [4.78, 5) is 2.43. The van der Waals surface area contributed by atoms with Gasteiger partial charge in [0.1, 0.15) is 0 Å². The van der Waals surface area contributed by atoms with Crippen molar-refractivity contribution in [3.05, 3.63) is 234 Å². The highest BCUT2D eigenvalue weighted by molar-refractivity contribution is 6.19. The highest BCUT2D eigenvalue weighted by Crippen LogP contribution is 2.61. The summed E-state index contributed by atoms with van der Waals surface area (Å²) < 4.78 is 0. The summed E-state index contributed by atoms with van der Waals surface area (Å²) in [6.07, 6.45) is 0. The second-order valence-corrected chi connectivity index (χ2v) is 16.1. The fraction of sp³-hybridized carbons (Fsp3) is 0.0909. The van der Waals surface area contributed by atoms with Gasteiger partial charge in [0.05, 0.1) is 5.41 Å². The van der Waals surface area contributed by atoms with Crippen LogP contribution in [0.2, 0.25) is 0 Å². The van der Waals surface area contributed by atoms with Crippen molar-refractivity contribution in [3.63, 3.8) is 0 Å². The number of nitrogens with zero attached hydrogens (tertiary/aromatic N) is 1. The molecule has 268 valence electrons. The van der Waals surface area contributed by atoms with E-state index in [2.05, 4.69) is 232 Å². The summed E-state index contributed by atoms with van der Waals surface area (Å²) in [5, 5.41) is 5.14. The second-order valence-electron chi connectivity index (χ2n) is 16.1. The third kappa shape index (κ3) is 5.30. The molecule has 0 spiro atoms. The number of hydrogen-bond acceptors (Lipinski definition) is 1. The Bertz CT molecular complexity index is 2810. The van der Waals surface area contributed by atoms with Crippen LogP contribution in [0.1, 0.15) is 48.6 Å². The zero-order chi connectivity index (χ0) is 37.9. The van der Waals surface area contributed by atoms with Crippen LogP contribution in [0.15, 0.2) is 206 Å². The van der Waals surface area contributed by atoms with Crippen molar-refractivity contribution in [1.29, 1.82) is 0 Å². The van der Waals surface area contributed by atoms with Gasteiger partial charge in [-0.25, -0.2) is 0 Å². The molecule has 0 atom stereocenters. The molecule has 0 aliphatic heterocycles. The van der Waals surface area contributed by atoms with E-state index >= 15 is 0 Å².